The Hall–Kier alpha value is -2.36. The first-order valence-corrected chi connectivity index (χ1v) is 13.3. The van der Waals surface area contributed by atoms with E-state index >= 15 is 0 Å². The number of hydrogen-bond acceptors (Lipinski definition) is 3. The van der Waals surface area contributed by atoms with Gasteiger partial charge in [-0.05, 0) is 81.9 Å². The van der Waals surface area contributed by atoms with Gasteiger partial charge < -0.3 is 5.11 Å². The number of nitrogens with zero attached hydrogens (tertiary/aromatic N) is 1. The molecule has 0 saturated heterocycles. The first-order valence-electron chi connectivity index (χ1n) is 11.5. The first-order chi connectivity index (χ1) is 16.1. The van der Waals surface area contributed by atoms with E-state index in [2.05, 4.69) is 11.8 Å². The van der Waals surface area contributed by atoms with Gasteiger partial charge in [0.25, 0.3) is 0 Å². The molecule has 1 aliphatic carbocycles. The lowest BCUT2D eigenvalue weighted by Gasteiger charge is -2.30. The summed E-state index contributed by atoms with van der Waals surface area (Å²) in [7, 11) is -3.73. The van der Waals surface area contributed by atoms with Gasteiger partial charge in [0.1, 0.15) is 5.60 Å². The highest BCUT2D eigenvalue weighted by Crippen LogP contribution is 2.34. The SMILES string of the molecule is CC(C)=CCN(CC#CC1(O)CCCC/C1=C\c1cccc(Cl)c1)S(=O)(=O)c1ccc(C)cc1. The standard InChI is InChI=1S/C28H32ClNO3S/c1-22(2)15-19-30(34(32,33)27-13-11-23(3)12-14-27)18-7-17-28(31)16-5-4-9-25(28)20-24-8-6-10-26(29)21-24/h6,8,10-15,20-21,31H,4-5,9,16,18-19H2,1-3H3/b25-20+. The Kier molecular flexibility index (Phi) is 8.78. The van der Waals surface area contributed by atoms with Crippen LogP contribution in [0.1, 0.15) is 50.7 Å². The van der Waals surface area contributed by atoms with E-state index in [4.69, 9.17) is 11.6 Å². The van der Waals surface area contributed by atoms with E-state index in [1.807, 2.05) is 57.2 Å². The molecule has 1 aliphatic rings. The highest BCUT2D eigenvalue weighted by Gasteiger charge is 2.32. The number of aryl methyl sites for hydroxylation is 1. The fraction of sp³-hybridized carbons (Fsp3) is 0.357. The van der Waals surface area contributed by atoms with Crippen LogP contribution in [-0.4, -0.2) is 36.5 Å². The Balaban J connectivity index is 1.89. The van der Waals surface area contributed by atoms with Crippen LogP contribution in [0, 0.1) is 18.8 Å². The van der Waals surface area contributed by atoms with Gasteiger partial charge >= 0.3 is 0 Å². The van der Waals surface area contributed by atoms with Crippen molar-refractivity contribution < 1.29 is 13.5 Å². The van der Waals surface area contributed by atoms with E-state index in [1.54, 1.807) is 24.3 Å². The van der Waals surface area contributed by atoms with Crippen LogP contribution in [0.3, 0.4) is 0 Å². The predicted molar refractivity (Wildman–Crippen MR) is 140 cm³/mol. The molecule has 0 aliphatic heterocycles. The molecule has 0 amide bonds. The third-order valence-electron chi connectivity index (χ3n) is 5.87. The van der Waals surface area contributed by atoms with Crippen molar-refractivity contribution >= 4 is 27.7 Å². The zero-order chi connectivity index (χ0) is 24.8. The molecular formula is C28H32ClNO3S. The lowest BCUT2D eigenvalue weighted by Crippen LogP contribution is -2.34. The zero-order valence-corrected chi connectivity index (χ0v) is 21.6. The summed E-state index contributed by atoms with van der Waals surface area (Å²) in [4.78, 5) is 0.236. The van der Waals surface area contributed by atoms with Crippen molar-refractivity contribution in [1.29, 1.82) is 0 Å². The number of aliphatic hydroxyl groups is 1. The van der Waals surface area contributed by atoms with E-state index in [0.29, 0.717) is 11.4 Å². The second kappa shape index (κ2) is 11.4. The predicted octanol–water partition coefficient (Wildman–Crippen LogP) is 6.00. The third-order valence-corrected chi connectivity index (χ3v) is 7.93. The summed E-state index contributed by atoms with van der Waals surface area (Å²) in [5.41, 5.74) is 2.49. The Morgan fingerprint density at radius 2 is 1.91 bits per heavy atom. The first kappa shape index (κ1) is 26.2. The van der Waals surface area contributed by atoms with E-state index < -0.39 is 15.6 Å². The quantitative estimate of drug-likeness (QED) is 0.393. The Bertz CT molecular complexity index is 1230. The van der Waals surface area contributed by atoms with Crippen LogP contribution in [0.25, 0.3) is 6.08 Å². The summed E-state index contributed by atoms with van der Waals surface area (Å²) in [5.74, 6) is 6.00. The van der Waals surface area contributed by atoms with Crippen molar-refractivity contribution in [3.05, 3.63) is 81.9 Å². The molecule has 0 bridgehead atoms. The van der Waals surface area contributed by atoms with Crippen molar-refractivity contribution in [3.63, 3.8) is 0 Å². The van der Waals surface area contributed by atoms with Crippen molar-refractivity contribution in [2.45, 2.75) is 57.0 Å². The number of halogens is 1. The molecule has 1 atom stereocenters. The lowest BCUT2D eigenvalue weighted by atomic mass is 9.79. The van der Waals surface area contributed by atoms with Crippen LogP contribution in [0.5, 0.6) is 0 Å². The molecule has 2 aromatic carbocycles. The fourth-order valence-corrected chi connectivity index (χ4v) is 5.34. The second-order valence-corrected chi connectivity index (χ2v) is 11.4. The molecule has 1 unspecified atom stereocenters. The Labute approximate surface area is 209 Å². The molecule has 0 aromatic heterocycles. The van der Waals surface area contributed by atoms with Crippen molar-refractivity contribution in [2.24, 2.45) is 0 Å². The monoisotopic (exact) mass is 497 g/mol. The minimum atomic E-state index is -3.73. The van der Waals surface area contributed by atoms with Crippen LogP contribution < -0.4 is 0 Å². The maximum atomic E-state index is 13.3. The molecular weight excluding hydrogens is 466 g/mol. The van der Waals surface area contributed by atoms with Crippen LogP contribution in [0.2, 0.25) is 5.02 Å². The number of allylic oxidation sites excluding steroid dienone is 1. The van der Waals surface area contributed by atoms with Crippen LogP contribution >= 0.6 is 11.6 Å². The average molecular weight is 498 g/mol. The molecule has 34 heavy (non-hydrogen) atoms. The summed E-state index contributed by atoms with van der Waals surface area (Å²) < 4.78 is 27.9. The van der Waals surface area contributed by atoms with Gasteiger partial charge in [-0.1, -0.05) is 71.0 Å². The third kappa shape index (κ3) is 6.84. The van der Waals surface area contributed by atoms with Gasteiger partial charge in [0, 0.05) is 11.6 Å². The highest BCUT2D eigenvalue weighted by atomic mass is 35.5. The maximum absolute atomic E-state index is 13.3. The second-order valence-electron chi connectivity index (χ2n) is 8.99. The summed E-state index contributed by atoms with van der Waals surface area (Å²) in [6.45, 7) is 5.99. The number of rotatable bonds is 6. The largest absolute Gasteiger partial charge is 0.374 e. The molecule has 0 spiro atoms. The van der Waals surface area contributed by atoms with Gasteiger partial charge in [-0.3, -0.25) is 0 Å². The molecule has 3 rings (SSSR count). The lowest BCUT2D eigenvalue weighted by molar-refractivity contribution is 0.111. The average Bonchev–Trinajstić information content (AvgIpc) is 2.78. The number of sulfonamides is 1. The molecule has 4 nitrogen and oxygen atoms in total. The molecule has 0 radical (unpaired) electrons. The molecule has 2 aromatic rings. The van der Waals surface area contributed by atoms with Crippen molar-refractivity contribution in [3.8, 4) is 11.8 Å². The van der Waals surface area contributed by atoms with E-state index in [1.165, 1.54) is 4.31 Å². The fourth-order valence-electron chi connectivity index (χ4n) is 3.86. The summed E-state index contributed by atoms with van der Waals surface area (Å²) in [5, 5.41) is 12.0. The van der Waals surface area contributed by atoms with Gasteiger partial charge in [-0.25, -0.2) is 8.42 Å². The smallest absolute Gasteiger partial charge is 0.244 e. The highest BCUT2D eigenvalue weighted by molar-refractivity contribution is 7.89. The minimum Gasteiger partial charge on any atom is -0.374 e. The minimum absolute atomic E-state index is 0.00720. The maximum Gasteiger partial charge on any atom is 0.244 e. The van der Waals surface area contributed by atoms with Crippen LogP contribution in [-0.2, 0) is 10.0 Å². The molecule has 180 valence electrons. The van der Waals surface area contributed by atoms with E-state index in [-0.39, 0.29) is 18.0 Å². The van der Waals surface area contributed by atoms with Crippen molar-refractivity contribution in [1.82, 2.24) is 4.31 Å². The molecule has 0 heterocycles. The summed E-state index contributed by atoms with van der Waals surface area (Å²) >= 11 is 6.12. The van der Waals surface area contributed by atoms with Gasteiger partial charge in [0.15, 0.2) is 0 Å². The molecule has 6 heteroatoms. The summed E-state index contributed by atoms with van der Waals surface area (Å²) in [6.07, 6.45) is 6.91. The van der Waals surface area contributed by atoms with Crippen molar-refractivity contribution in [2.75, 3.05) is 13.1 Å². The van der Waals surface area contributed by atoms with Gasteiger partial charge in [0.05, 0.1) is 11.4 Å². The summed E-state index contributed by atoms with van der Waals surface area (Å²) in [6, 6.07) is 14.3. The van der Waals surface area contributed by atoms with E-state index in [9.17, 15) is 13.5 Å². The van der Waals surface area contributed by atoms with E-state index in [0.717, 1.165) is 41.5 Å². The zero-order valence-electron chi connectivity index (χ0n) is 20.0. The molecule has 1 saturated carbocycles. The van der Waals surface area contributed by atoms with Gasteiger partial charge in [-0.2, -0.15) is 4.31 Å². The molecule has 1 N–H and O–H groups in total. The number of hydrogen-bond donors (Lipinski definition) is 1. The van der Waals surface area contributed by atoms with Gasteiger partial charge in [-0.15, -0.1) is 0 Å². The van der Waals surface area contributed by atoms with Crippen LogP contribution in [0.15, 0.2) is 70.6 Å². The van der Waals surface area contributed by atoms with Crippen LogP contribution in [0.4, 0.5) is 0 Å². The number of benzene rings is 2. The normalized spacial score (nSPS) is 19.5. The Morgan fingerprint density at radius 3 is 2.59 bits per heavy atom. The Morgan fingerprint density at radius 1 is 1.18 bits per heavy atom. The topological polar surface area (TPSA) is 57.6 Å². The molecule has 1 fully saturated rings. The van der Waals surface area contributed by atoms with Gasteiger partial charge in [0.2, 0.25) is 10.0 Å².